The van der Waals surface area contributed by atoms with E-state index in [0.717, 1.165) is 38.8 Å². The van der Waals surface area contributed by atoms with E-state index in [4.69, 9.17) is 4.52 Å². The Kier molecular flexibility index (Phi) is 3.96. The lowest BCUT2D eigenvalue weighted by Crippen LogP contribution is -1.99. The number of aromatic amines is 2. The lowest BCUT2D eigenvalue weighted by molar-refractivity contribution is 0.515. The predicted molar refractivity (Wildman–Crippen MR) is 112 cm³/mol. The summed E-state index contributed by atoms with van der Waals surface area (Å²) in [5, 5.41) is 10.2. The smallest absolute Gasteiger partial charge is 0.353 e. The fraction of sp³-hybridized carbons (Fsp3) is 0.0455. The zero-order chi connectivity index (χ0) is 19.1. The van der Waals surface area contributed by atoms with Gasteiger partial charge in [0.2, 0.25) is 5.30 Å². The minimum absolute atomic E-state index is 0.549. The van der Waals surface area contributed by atoms with Gasteiger partial charge in [0.15, 0.2) is 5.75 Å². The average molecular weight is 386 g/mol. The van der Waals surface area contributed by atoms with E-state index in [1.165, 1.54) is 0 Å². The van der Waals surface area contributed by atoms with Crippen LogP contribution in [0.1, 0.15) is 5.56 Å². The van der Waals surface area contributed by atoms with E-state index < -0.39 is 8.03 Å². The summed E-state index contributed by atoms with van der Waals surface area (Å²) >= 11 is 0. The van der Waals surface area contributed by atoms with Crippen molar-refractivity contribution in [2.24, 2.45) is 0 Å². The molecule has 1 atom stereocenters. The molecule has 1 unspecified atom stereocenters. The molecule has 2 aromatic heterocycles. The largest absolute Gasteiger partial charge is 0.597 e. The highest BCUT2D eigenvalue weighted by Gasteiger charge is 2.24. The van der Waals surface area contributed by atoms with E-state index in [-0.39, 0.29) is 0 Å². The summed E-state index contributed by atoms with van der Waals surface area (Å²) in [5.41, 5.74) is 4.81. The maximum absolute atomic E-state index is 12.6. The molecule has 0 amide bonds. The Morgan fingerprint density at radius 2 is 1.75 bits per heavy atom. The molecule has 5 nitrogen and oxygen atoms in total. The molecule has 0 aliphatic heterocycles. The maximum atomic E-state index is 12.6. The van der Waals surface area contributed by atoms with Gasteiger partial charge >= 0.3 is 8.03 Å². The normalized spacial score (nSPS) is 11.8. The summed E-state index contributed by atoms with van der Waals surface area (Å²) in [6.45, 7) is 2.00. The SMILES string of the molecule is Cc1ccc([P+](=O)Oc2ccc3[nH]nc(-c4cc5ccccc5[nH]4)c3c2)cc1. The second-order valence-electron chi connectivity index (χ2n) is 6.73. The van der Waals surface area contributed by atoms with Crippen molar-refractivity contribution in [2.75, 3.05) is 0 Å². The number of nitrogens with zero attached hydrogens (tertiary/aromatic N) is 1. The van der Waals surface area contributed by atoms with Crippen LogP contribution in [-0.4, -0.2) is 15.2 Å². The van der Waals surface area contributed by atoms with Crippen molar-refractivity contribution in [3.05, 3.63) is 78.4 Å². The van der Waals surface area contributed by atoms with Gasteiger partial charge in [-0.05, 0) is 54.0 Å². The number of aryl methyl sites for hydroxylation is 1. The first-order chi connectivity index (χ1) is 13.7. The Hall–Kier alpha value is -3.43. The van der Waals surface area contributed by atoms with Gasteiger partial charge in [-0.3, -0.25) is 9.62 Å². The number of H-pyrrole nitrogens is 2. The molecule has 0 fully saturated rings. The van der Waals surface area contributed by atoms with Crippen LogP contribution >= 0.6 is 8.03 Å². The Labute approximate surface area is 162 Å². The quantitative estimate of drug-likeness (QED) is 0.403. The van der Waals surface area contributed by atoms with E-state index in [1.54, 1.807) is 6.07 Å². The number of hydrogen-bond donors (Lipinski definition) is 2. The highest BCUT2D eigenvalue weighted by molar-refractivity contribution is 7.48. The maximum Gasteiger partial charge on any atom is 0.597 e. The third-order valence-corrected chi connectivity index (χ3v) is 5.85. The van der Waals surface area contributed by atoms with E-state index in [2.05, 4.69) is 27.3 Å². The Balaban J connectivity index is 1.51. The zero-order valence-corrected chi connectivity index (χ0v) is 16.0. The van der Waals surface area contributed by atoms with Gasteiger partial charge < -0.3 is 4.98 Å². The second kappa shape index (κ2) is 6.63. The molecular weight excluding hydrogens is 369 g/mol. The molecule has 0 radical (unpaired) electrons. The van der Waals surface area contributed by atoms with Crippen LogP contribution in [0.5, 0.6) is 5.75 Å². The van der Waals surface area contributed by atoms with Gasteiger partial charge in [-0.2, -0.15) is 5.10 Å². The topological polar surface area (TPSA) is 70.8 Å². The third-order valence-electron chi connectivity index (χ3n) is 4.75. The summed E-state index contributed by atoms with van der Waals surface area (Å²) in [7, 11) is -1.97. The Morgan fingerprint density at radius 1 is 0.929 bits per heavy atom. The standard InChI is InChI=1S/C22H17N3O2P/c1-14-6-9-17(10-7-14)28(26)27-16-8-11-20-18(13-16)22(25-24-20)21-12-15-4-2-3-5-19(15)23-21/h2-13,23H,1H3,(H,24,25)/q+1. The van der Waals surface area contributed by atoms with Crippen molar-refractivity contribution in [1.82, 2.24) is 15.2 Å². The number of aromatic nitrogens is 3. The number of nitrogens with one attached hydrogen (secondary N) is 2. The van der Waals surface area contributed by atoms with E-state index in [9.17, 15) is 4.57 Å². The molecule has 0 saturated heterocycles. The van der Waals surface area contributed by atoms with Gasteiger partial charge in [-0.15, -0.1) is 0 Å². The van der Waals surface area contributed by atoms with Crippen LogP contribution in [0.4, 0.5) is 0 Å². The fourth-order valence-corrected chi connectivity index (χ4v) is 4.07. The highest BCUT2D eigenvalue weighted by Crippen LogP contribution is 2.33. The first kappa shape index (κ1) is 16.7. The second-order valence-corrected chi connectivity index (χ2v) is 7.95. The van der Waals surface area contributed by atoms with Crippen molar-refractivity contribution < 1.29 is 9.09 Å². The summed E-state index contributed by atoms with van der Waals surface area (Å²) < 4.78 is 18.3. The molecule has 2 N–H and O–H groups in total. The molecule has 0 saturated carbocycles. The van der Waals surface area contributed by atoms with Gasteiger partial charge in [0.05, 0.1) is 11.2 Å². The fourth-order valence-electron chi connectivity index (χ4n) is 3.27. The third kappa shape index (κ3) is 2.96. The number of benzene rings is 3. The molecule has 3 aromatic carbocycles. The Morgan fingerprint density at radius 3 is 2.57 bits per heavy atom. The zero-order valence-electron chi connectivity index (χ0n) is 15.1. The van der Waals surface area contributed by atoms with Gasteiger partial charge in [0.1, 0.15) is 5.69 Å². The summed E-state index contributed by atoms with van der Waals surface area (Å²) in [4.78, 5) is 3.40. The molecule has 2 heterocycles. The summed E-state index contributed by atoms with van der Waals surface area (Å²) in [6.07, 6.45) is 0. The van der Waals surface area contributed by atoms with Crippen LogP contribution in [0.2, 0.25) is 0 Å². The number of para-hydroxylation sites is 1. The molecule has 6 heteroatoms. The monoisotopic (exact) mass is 386 g/mol. The van der Waals surface area contributed by atoms with Crippen LogP contribution in [-0.2, 0) is 4.57 Å². The number of hydrogen-bond acceptors (Lipinski definition) is 3. The molecule has 0 aliphatic carbocycles. The molecular formula is C22H17N3O2P+. The van der Waals surface area contributed by atoms with Crippen molar-refractivity contribution in [2.45, 2.75) is 6.92 Å². The molecule has 0 spiro atoms. The van der Waals surface area contributed by atoms with Crippen LogP contribution < -0.4 is 9.83 Å². The summed E-state index contributed by atoms with van der Waals surface area (Å²) in [5.74, 6) is 0.549. The average Bonchev–Trinajstić information content (AvgIpc) is 3.31. The van der Waals surface area contributed by atoms with Crippen LogP contribution in [0.15, 0.2) is 72.8 Å². The van der Waals surface area contributed by atoms with Crippen molar-refractivity contribution in [3.63, 3.8) is 0 Å². The van der Waals surface area contributed by atoms with E-state index in [0.29, 0.717) is 11.1 Å². The van der Waals surface area contributed by atoms with Gasteiger partial charge in [0.25, 0.3) is 0 Å². The van der Waals surface area contributed by atoms with Crippen molar-refractivity contribution in [3.8, 4) is 17.1 Å². The molecule has 5 rings (SSSR count). The van der Waals surface area contributed by atoms with Gasteiger partial charge in [0, 0.05) is 16.3 Å². The minimum Gasteiger partial charge on any atom is -0.353 e. The first-order valence-electron chi connectivity index (χ1n) is 8.95. The van der Waals surface area contributed by atoms with Crippen molar-refractivity contribution in [1.29, 1.82) is 0 Å². The van der Waals surface area contributed by atoms with Gasteiger partial charge in [-0.1, -0.05) is 35.9 Å². The lowest BCUT2D eigenvalue weighted by Gasteiger charge is -1.97. The first-order valence-corrected chi connectivity index (χ1v) is 10.1. The molecule has 136 valence electrons. The van der Waals surface area contributed by atoms with Gasteiger partial charge in [-0.25, -0.2) is 0 Å². The Bertz CT molecular complexity index is 1290. The summed E-state index contributed by atoms with van der Waals surface area (Å²) in [6, 6.07) is 23.3. The lowest BCUT2D eigenvalue weighted by atomic mass is 10.1. The minimum atomic E-state index is -1.97. The van der Waals surface area contributed by atoms with Crippen LogP contribution in [0.25, 0.3) is 33.2 Å². The van der Waals surface area contributed by atoms with Crippen LogP contribution in [0, 0.1) is 6.92 Å². The van der Waals surface area contributed by atoms with Crippen molar-refractivity contribution >= 4 is 35.1 Å². The number of rotatable bonds is 4. The predicted octanol–water partition coefficient (Wildman–Crippen LogP) is 5.47. The molecule has 28 heavy (non-hydrogen) atoms. The molecule has 5 aromatic rings. The highest BCUT2D eigenvalue weighted by atomic mass is 31.1. The van der Waals surface area contributed by atoms with E-state index in [1.807, 2.05) is 61.5 Å². The van der Waals surface area contributed by atoms with E-state index >= 15 is 0 Å². The van der Waals surface area contributed by atoms with Crippen LogP contribution in [0.3, 0.4) is 0 Å². The number of fused-ring (bicyclic) bond motifs is 2. The molecule has 0 aliphatic rings. The molecule has 0 bridgehead atoms.